The average Bonchev–Trinajstić information content (AvgIpc) is 3.20. The first kappa shape index (κ1) is 54.6. The molecule has 0 radical (unpaired) electrons. The van der Waals surface area contributed by atoms with Gasteiger partial charge in [0.2, 0.25) is 5.91 Å². The van der Waals surface area contributed by atoms with Crippen LogP contribution in [0.25, 0.3) is 0 Å². The molecule has 0 bridgehead atoms. The van der Waals surface area contributed by atoms with Crippen LogP contribution in [0.2, 0.25) is 0 Å². The number of hydrogen-bond acceptors (Lipinski definition) is 3. The molecule has 56 heavy (non-hydrogen) atoms. The molecule has 0 saturated heterocycles. The van der Waals surface area contributed by atoms with Gasteiger partial charge in [-0.25, -0.2) is 0 Å². The van der Waals surface area contributed by atoms with E-state index in [1.54, 1.807) is 6.08 Å². The van der Waals surface area contributed by atoms with E-state index >= 15 is 0 Å². The number of hydrogen-bond donors (Lipinski definition) is 3. The van der Waals surface area contributed by atoms with Crippen LogP contribution in [0.5, 0.6) is 0 Å². The molecule has 1 amide bonds. The summed E-state index contributed by atoms with van der Waals surface area (Å²) in [6, 6.07) is -0.618. The summed E-state index contributed by atoms with van der Waals surface area (Å²) in [5, 5.41) is 23.0. The number of carbonyl (C=O) groups excluding carboxylic acids is 1. The molecule has 0 aromatic carbocycles. The van der Waals surface area contributed by atoms with Gasteiger partial charge in [0, 0.05) is 6.42 Å². The molecule has 0 aliphatic carbocycles. The lowest BCUT2D eigenvalue weighted by Gasteiger charge is -2.20. The Kier molecular flexibility index (Phi) is 46.8. The predicted octanol–water partition coefficient (Wildman–Crippen LogP) is 16.1. The monoisotopic (exact) mass is 786 g/mol. The van der Waals surface area contributed by atoms with Crippen LogP contribution < -0.4 is 5.32 Å². The Balaban J connectivity index is 3.41. The van der Waals surface area contributed by atoms with Gasteiger partial charge in [-0.2, -0.15) is 0 Å². The summed E-state index contributed by atoms with van der Waals surface area (Å²) in [5.74, 6) is -0.0619. The summed E-state index contributed by atoms with van der Waals surface area (Å²) in [4.78, 5) is 12.4. The quantitative estimate of drug-likeness (QED) is 0.0425. The molecule has 0 aromatic heterocycles. The van der Waals surface area contributed by atoms with E-state index in [1.165, 1.54) is 218 Å². The van der Waals surface area contributed by atoms with Gasteiger partial charge < -0.3 is 15.5 Å². The van der Waals surface area contributed by atoms with Gasteiger partial charge in [0.25, 0.3) is 0 Å². The number of rotatable bonds is 46. The fourth-order valence-electron chi connectivity index (χ4n) is 7.74. The van der Waals surface area contributed by atoms with Crippen molar-refractivity contribution in [3.8, 4) is 0 Å². The lowest BCUT2D eigenvalue weighted by molar-refractivity contribution is -0.123. The molecular weight excluding hydrogens is 687 g/mol. The largest absolute Gasteiger partial charge is 0.394 e. The highest BCUT2D eigenvalue weighted by Crippen LogP contribution is 2.16. The summed E-state index contributed by atoms with van der Waals surface area (Å²) < 4.78 is 0. The molecule has 0 fully saturated rings. The summed E-state index contributed by atoms with van der Waals surface area (Å²) >= 11 is 0. The molecule has 0 rings (SSSR count). The van der Waals surface area contributed by atoms with Crippen molar-refractivity contribution in [1.82, 2.24) is 5.32 Å². The Labute approximate surface area is 351 Å². The van der Waals surface area contributed by atoms with E-state index in [0.717, 1.165) is 32.1 Å². The van der Waals surface area contributed by atoms with Crippen molar-refractivity contribution in [2.24, 2.45) is 0 Å². The van der Waals surface area contributed by atoms with Gasteiger partial charge >= 0.3 is 0 Å². The highest BCUT2D eigenvalue weighted by Gasteiger charge is 2.18. The third-order valence-electron chi connectivity index (χ3n) is 11.6. The van der Waals surface area contributed by atoms with Crippen LogP contribution in [0.3, 0.4) is 0 Å². The van der Waals surface area contributed by atoms with Gasteiger partial charge in [0.05, 0.1) is 18.8 Å². The summed E-state index contributed by atoms with van der Waals surface area (Å²) in [7, 11) is 0. The summed E-state index contributed by atoms with van der Waals surface area (Å²) in [6.45, 7) is 4.30. The minimum absolute atomic E-state index is 0.0619. The first-order valence-corrected chi connectivity index (χ1v) is 25.2. The van der Waals surface area contributed by atoms with Gasteiger partial charge in [-0.1, -0.05) is 249 Å². The molecule has 0 saturated carbocycles. The molecule has 0 heterocycles. The Morgan fingerprint density at radius 1 is 0.429 bits per heavy atom. The van der Waals surface area contributed by atoms with Gasteiger partial charge in [-0.3, -0.25) is 4.79 Å². The molecule has 0 aliphatic rings. The summed E-state index contributed by atoms with van der Waals surface area (Å²) in [5.41, 5.74) is 0. The number of allylic oxidation sites excluding steroid dienone is 5. The average molecular weight is 786 g/mol. The topological polar surface area (TPSA) is 69.6 Å². The van der Waals surface area contributed by atoms with Gasteiger partial charge in [-0.15, -0.1) is 0 Å². The lowest BCUT2D eigenvalue weighted by atomic mass is 10.0. The van der Waals surface area contributed by atoms with Crippen molar-refractivity contribution in [3.05, 3.63) is 36.5 Å². The van der Waals surface area contributed by atoms with E-state index in [2.05, 4.69) is 43.5 Å². The molecule has 4 nitrogen and oxygen atoms in total. The van der Waals surface area contributed by atoms with E-state index in [-0.39, 0.29) is 12.5 Å². The van der Waals surface area contributed by atoms with Crippen molar-refractivity contribution in [2.45, 2.75) is 283 Å². The number of aliphatic hydroxyl groups excluding tert-OH is 2. The molecule has 0 spiro atoms. The smallest absolute Gasteiger partial charge is 0.220 e. The lowest BCUT2D eigenvalue weighted by Crippen LogP contribution is -2.45. The van der Waals surface area contributed by atoms with Crippen LogP contribution in [0.15, 0.2) is 36.5 Å². The van der Waals surface area contributed by atoms with Crippen LogP contribution in [-0.4, -0.2) is 34.9 Å². The Morgan fingerprint density at radius 2 is 0.732 bits per heavy atom. The molecule has 2 atom stereocenters. The molecule has 0 aliphatic heterocycles. The normalized spacial score (nSPS) is 13.1. The van der Waals surface area contributed by atoms with Crippen LogP contribution in [0, 0.1) is 0 Å². The molecule has 330 valence electrons. The van der Waals surface area contributed by atoms with Gasteiger partial charge in [0.1, 0.15) is 0 Å². The van der Waals surface area contributed by atoms with Crippen LogP contribution in [0.1, 0.15) is 271 Å². The van der Waals surface area contributed by atoms with E-state index in [4.69, 9.17) is 0 Å². The van der Waals surface area contributed by atoms with Crippen molar-refractivity contribution in [1.29, 1.82) is 0 Å². The zero-order valence-electron chi connectivity index (χ0n) is 37.9. The minimum atomic E-state index is -0.835. The number of amides is 1. The fraction of sp³-hybridized carbons (Fsp3) is 0.865. The minimum Gasteiger partial charge on any atom is -0.394 e. The van der Waals surface area contributed by atoms with E-state index < -0.39 is 12.1 Å². The zero-order chi connectivity index (χ0) is 40.7. The van der Waals surface area contributed by atoms with Crippen molar-refractivity contribution in [3.63, 3.8) is 0 Å². The second-order valence-electron chi connectivity index (χ2n) is 17.2. The molecule has 4 heteroatoms. The third kappa shape index (κ3) is 43.7. The van der Waals surface area contributed by atoms with Crippen LogP contribution in [-0.2, 0) is 4.79 Å². The van der Waals surface area contributed by atoms with E-state index in [0.29, 0.717) is 6.42 Å². The van der Waals surface area contributed by atoms with Gasteiger partial charge in [0.15, 0.2) is 0 Å². The number of carbonyl (C=O) groups is 1. The first-order valence-electron chi connectivity index (χ1n) is 25.2. The Hall–Kier alpha value is -1.39. The second-order valence-corrected chi connectivity index (χ2v) is 17.2. The first-order chi connectivity index (χ1) is 27.7. The number of nitrogens with one attached hydrogen (secondary N) is 1. The highest BCUT2D eigenvalue weighted by atomic mass is 16.3. The van der Waals surface area contributed by atoms with Crippen LogP contribution in [0.4, 0.5) is 0 Å². The SMILES string of the molecule is CCCCCCC/C=C\C/C=C\CCCCCCCCCCCCCCCCCCCCCCCC(=O)NC(CO)C(O)/C=C/CCCCCCCCCCC. The zero-order valence-corrected chi connectivity index (χ0v) is 37.9. The van der Waals surface area contributed by atoms with Crippen molar-refractivity contribution in [2.75, 3.05) is 6.61 Å². The van der Waals surface area contributed by atoms with Crippen molar-refractivity contribution < 1.29 is 15.0 Å². The van der Waals surface area contributed by atoms with Gasteiger partial charge in [-0.05, 0) is 51.4 Å². The number of aliphatic hydroxyl groups is 2. The maximum absolute atomic E-state index is 12.4. The predicted molar refractivity (Wildman–Crippen MR) is 248 cm³/mol. The standard InChI is InChI=1S/C52H99NO3/c1-3-5-7-9-11-13-15-16-17-18-19-20-21-22-23-24-25-26-27-28-29-30-31-32-33-34-35-36-38-40-42-44-46-48-52(56)53-50(49-54)51(55)47-45-43-41-39-37-14-12-10-8-6-4-2/h15-16,18-19,45,47,50-51,54-55H,3-14,17,20-44,46,48-49H2,1-2H3,(H,53,56)/b16-15-,19-18-,47-45+. The number of unbranched alkanes of at least 4 members (excludes halogenated alkanes) is 35. The Morgan fingerprint density at radius 3 is 1.07 bits per heavy atom. The fourth-order valence-corrected chi connectivity index (χ4v) is 7.74. The second kappa shape index (κ2) is 48.0. The van der Waals surface area contributed by atoms with Crippen molar-refractivity contribution >= 4 is 5.91 Å². The van der Waals surface area contributed by atoms with E-state index in [9.17, 15) is 15.0 Å². The maximum atomic E-state index is 12.4. The maximum Gasteiger partial charge on any atom is 0.220 e. The molecular formula is C52H99NO3. The molecule has 0 aromatic rings. The van der Waals surface area contributed by atoms with E-state index in [1.807, 2.05) is 6.08 Å². The molecule has 3 N–H and O–H groups in total. The van der Waals surface area contributed by atoms with Crippen LogP contribution >= 0.6 is 0 Å². The Bertz CT molecular complexity index is 851. The summed E-state index contributed by atoms with van der Waals surface area (Å²) in [6.07, 6.45) is 64.4. The molecule has 2 unspecified atom stereocenters. The third-order valence-corrected chi connectivity index (χ3v) is 11.6. The highest BCUT2D eigenvalue weighted by molar-refractivity contribution is 5.76.